The van der Waals surface area contributed by atoms with Crippen LogP contribution in [0.5, 0.6) is 0 Å². The van der Waals surface area contributed by atoms with Gasteiger partial charge in [0.25, 0.3) is 5.91 Å². The second kappa shape index (κ2) is 7.87. The minimum absolute atomic E-state index is 0.259. The van der Waals surface area contributed by atoms with Gasteiger partial charge in [-0.3, -0.25) is 9.78 Å². The zero-order valence-corrected chi connectivity index (χ0v) is 14.5. The minimum Gasteiger partial charge on any atom is -0.449 e. The minimum atomic E-state index is -0.866. The maximum Gasteiger partial charge on any atom is 0.340 e. The molecule has 1 aromatic carbocycles. The van der Waals surface area contributed by atoms with E-state index in [4.69, 9.17) is 4.74 Å². The van der Waals surface area contributed by atoms with Crippen molar-refractivity contribution in [2.24, 2.45) is 0 Å². The van der Waals surface area contributed by atoms with Crippen molar-refractivity contribution in [1.82, 2.24) is 9.88 Å². The lowest BCUT2D eigenvalue weighted by molar-refractivity contribution is -0.139. The highest BCUT2D eigenvalue weighted by atomic mass is 79.9. The summed E-state index contributed by atoms with van der Waals surface area (Å²) in [6, 6.07) is 11.2. The number of pyridine rings is 1. The molecule has 0 saturated carbocycles. The molecule has 6 heteroatoms. The van der Waals surface area contributed by atoms with Crippen molar-refractivity contribution >= 4 is 27.8 Å². The fourth-order valence-electron chi connectivity index (χ4n) is 2.05. The van der Waals surface area contributed by atoms with Gasteiger partial charge >= 0.3 is 5.97 Å². The van der Waals surface area contributed by atoms with Gasteiger partial charge in [0.15, 0.2) is 6.10 Å². The third kappa shape index (κ3) is 4.89. The molecule has 1 atom stereocenters. The number of amides is 1. The summed E-state index contributed by atoms with van der Waals surface area (Å²) in [6.45, 7) is 2.02. The Hall–Kier alpha value is -2.21. The first kappa shape index (κ1) is 17.1. The van der Waals surface area contributed by atoms with Gasteiger partial charge in [-0.1, -0.05) is 30.3 Å². The first-order chi connectivity index (χ1) is 11.0. The van der Waals surface area contributed by atoms with Gasteiger partial charge in [0.05, 0.1) is 5.56 Å². The van der Waals surface area contributed by atoms with Crippen LogP contribution in [0.4, 0.5) is 0 Å². The van der Waals surface area contributed by atoms with Gasteiger partial charge in [-0.25, -0.2) is 4.79 Å². The summed E-state index contributed by atoms with van der Waals surface area (Å²) < 4.78 is 5.89. The second-order valence-corrected chi connectivity index (χ2v) is 6.03. The lowest BCUT2D eigenvalue weighted by atomic mass is 10.2. The number of ether oxygens (including phenoxy) is 1. The quantitative estimate of drug-likeness (QED) is 0.752. The molecule has 0 bridgehead atoms. The molecule has 0 saturated heterocycles. The number of likely N-dealkylation sites (N-methyl/N-ethyl adjacent to an activating group) is 1. The smallest absolute Gasteiger partial charge is 0.340 e. The number of carbonyl (C=O) groups is 2. The van der Waals surface area contributed by atoms with E-state index in [1.807, 2.05) is 30.3 Å². The van der Waals surface area contributed by atoms with Crippen molar-refractivity contribution in [1.29, 1.82) is 0 Å². The number of esters is 1. The predicted molar refractivity (Wildman–Crippen MR) is 89.7 cm³/mol. The van der Waals surface area contributed by atoms with Gasteiger partial charge in [0.1, 0.15) is 0 Å². The van der Waals surface area contributed by atoms with Gasteiger partial charge in [-0.05, 0) is 34.5 Å². The van der Waals surface area contributed by atoms with Crippen LogP contribution in [0, 0.1) is 0 Å². The SMILES string of the molecule is C[C@@H](OC(=O)c1cncc(Br)c1)C(=O)N(C)Cc1ccccc1. The molecule has 1 amide bonds. The average molecular weight is 377 g/mol. The number of hydrogen-bond donors (Lipinski definition) is 0. The van der Waals surface area contributed by atoms with Crippen LogP contribution in [0.1, 0.15) is 22.8 Å². The second-order valence-electron chi connectivity index (χ2n) is 5.12. The van der Waals surface area contributed by atoms with Crippen molar-refractivity contribution in [3.05, 3.63) is 64.4 Å². The maximum atomic E-state index is 12.3. The van der Waals surface area contributed by atoms with E-state index in [1.165, 1.54) is 11.1 Å². The summed E-state index contributed by atoms with van der Waals surface area (Å²) >= 11 is 3.24. The van der Waals surface area contributed by atoms with Crippen molar-refractivity contribution in [2.75, 3.05) is 7.05 Å². The molecule has 0 unspecified atom stereocenters. The van der Waals surface area contributed by atoms with E-state index in [-0.39, 0.29) is 5.91 Å². The Balaban J connectivity index is 1.95. The van der Waals surface area contributed by atoms with Crippen molar-refractivity contribution in [3.8, 4) is 0 Å². The Morgan fingerprint density at radius 3 is 2.61 bits per heavy atom. The highest BCUT2D eigenvalue weighted by Gasteiger charge is 2.22. The van der Waals surface area contributed by atoms with Gasteiger partial charge < -0.3 is 9.64 Å². The van der Waals surface area contributed by atoms with Crippen LogP contribution in [0.3, 0.4) is 0 Å². The largest absolute Gasteiger partial charge is 0.449 e. The molecular formula is C17H17BrN2O3. The molecule has 5 nitrogen and oxygen atoms in total. The van der Waals surface area contributed by atoms with Crippen LogP contribution in [-0.4, -0.2) is 34.9 Å². The van der Waals surface area contributed by atoms with E-state index < -0.39 is 12.1 Å². The van der Waals surface area contributed by atoms with E-state index in [0.717, 1.165) is 5.56 Å². The van der Waals surface area contributed by atoms with E-state index in [2.05, 4.69) is 20.9 Å². The van der Waals surface area contributed by atoms with Crippen molar-refractivity contribution in [3.63, 3.8) is 0 Å². The monoisotopic (exact) mass is 376 g/mol. The molecule has 0 fully saturated rings. The standard InChI is InChI=1S/C17H17BrN2O3/c1-12(23-17(22)14-8-15(18)10-19-9-14)16(21)20(2)11-13-6-4-3-5-7-13/h3-10,12H,11H2,1-2H3/t12-/m1/s1. The van der Waals surface area contributed by atoms with Gasteiger partial charge in [-0.15, -0.1) is 0 Å². The Morgan fingerprint density at radius 1 is 1.26 bits per heavy atom. The Kier molecular flexibility index (Phi) is 5.87. The topological polar surface area (TPSA) is 59.5 Å². The predicted octanol–water partition coefficient (Wildman–Crippen LogP) is 3.05. The molecule has 1 aromatic heterocycles. The lowest BCUT2D eigenvalue weighted by Gasteiger charge is -2.21. The third-order valence-corrected chi connectivity index (χ3v) is 3.64. The zero-order valence-electron chi connectivity index (χ0n) is 12.9. The summed E-state index contributed by atoms with van der Waals surface area (Å²) in [5, 5.41) is 0. The summed E-state index contributed by atoms with van der Waals surface area (Å²) in [7, 11) is 1.68. The Bertz CT molecular complexity index is 691. The highest BCUT2D eigenvalue weighted by Crippen LogP contribution is 2.12. The van der Waals surface area contributed by atoms with E-state index >= 15 is 0 Å². The fraction of sp³-hybridized carbons (Fsp3) is 0.235. The van der Waals surface area contributed by atoms with Crippen LogP contribution in [0.15, 0.2) is 53.3 Å². The average Bonchev–Trinajstić information content (AvgIpc) is 2.54. The van der Waals surface area contributed by atoms with Crippen LogP contribution in [0.2, 0.25) is 0 Å². The molecule has 0 radical (unpaired) electrons. The summed E-state index contributed by atoms with van der Waals surface area (Å²) in [5.41, 5.74) is 1.31. The molecular weight excluding hydrogens is 360 g/mol. The molecule has 120 valence electrons. The summed E-state index contributed by atoms with van der Waals surface area (Å²) in [4.78, 5) is 29.8. The van der Waals surface area contributed by atoms with Crippen molar-refractivity contribution < 1.29 is 14.3 Å². The fourth-order valence-corrected chi connectivity index (χ4v) is 2.41. The summed E-state index contributed by atoms with van der Waals surface area (Å²) in [6.07, 6.45) is 2.10. The first-order valence-electron chi connectivity index (χ1n) is 7.08. The number of halogens is 1. The molecule has 0 aliphatic carbocycles. The number of benzene rings is 1. The summed E-state index contributed by atoms with van der Waals surface area (Å²) in [5.74, 6) is -0.835. The zero-order chi connectivity index (χ0) is 16.8. The molecule has 1 heterocycles. The molecule has 2 aromatic rings. The number of aromatic nitrogens is 1. The number of nitrogens with zero attached hydrogens (tertiary/aromatic N) is 2. The molecule has 0 aliphatic heterocycles. The van der Waals surface area contributed by atoms with Crippen molar-refractivity contribution in [2.45, 2.75) is 19.6 Å². The number of hydrogen-bond acceptors (Lipinski definition) is 4. The highest BCUT2D eigenvalue weighted by molar-refractivity contribution is 9.10. The van der Waals surface area contributed by atoms with E-state index in [9.17, 15) is 9.59 Å². The normalized spacial score (nSPS) is 11.6. The maximum absolute atomic E-state index is 12.3. The molecule has 2 rings (SSSR count). The molecule has 0 aliphatic rings. The van der Waals surface area contributed by atoms with Gasteiger partial charge in [0, 0.05) is 30.5 Å². The Labute approximate surface area is 143 Å². The van der Waals surface area contributed by atoms with Crippen LogP contribution < -0.4 is 0 Å². The third-order valence-electron chi connectivity index (χ3n) is 3.21. The molecule has 23 heavy (non-hydrogen) atoms. The van der Waals surface area contributed by atoms with E-state index in [1.54, 1.807) is 26.2 Å². The molecule has 0 spiro atoms. The van der Waals surface area contributed by atoms with Gasteiger partial charge in [0.2, 0.25) is 0 Å². The Morgan fingerprint density at radius 2 is 1.96 bits per heavy atom. The van der Waals surface area contributed by atoms with Gasteiger partial charge in [-0.2, -0.15) is 0 Å². The lowest BCUT2D eigenvalue weighted by Crippen LogP contribution is -2.37. The first-order valence-corrected chi connectivity index (χ1v) is 7.87. The molecule has 0 N–H and O–H groups in total. The van der Waals surface area contributed by atoms with E-state index in [0.29, 0.717) is 16.6 Å². The number of rotatable bonds is 5. The van der Waals surface area contributed by atoms with Crippen LogP contribution in [-0.2, 0) is 16.1 Å². The van der Waals surface area contributed by atoms with Crippen LogP contribution in [0.25, 0.3) is 0 Å². The van der Waals surface area contributed by atoms with Crippen LogP contribution >= 0.6 is 15.9 Å². The number of carbonyl (C=O) groups excluding carboxylic acids is 2.